The zero-order chi connectivity index (χ0) is 20.2. The third-order valence-electron chi connectivity index (χ3n) is 4.45. The van der Waals surface area contributed by atoms with Crippen LogP contribution in [0.15, 0.2) is 60.1 Å². The number of benzene rings is 2. The van der Waals surface area contributed by atoms with E-state index in [1.54, 1.807) is 7.11 Å². The Morgan fingerprint density at radius 2 is 2.07 bits per heavy atom. The number of carbonyl (C=O) groups excluding carboxylic acids is 1. The van der Waals surface area contributed by atoms with Gasteiger partial charge in [-0.2, -0.15) is 0 Å². The molecule has 0 spiro atoms. The van der Waals surface area contributed by atoms with Gasteiger partial charge in [0.2, 0.25) is 5.91 Å². The van der Waals surface area contributed by atoms with Crippen molar-refractivity contribution in [3.63, 3.8) is 0 Å². The number of nitrogens with zero attached hydrogens (tertiary/aromatic N) is 2. The summed E-state index contributed by atoms with van der Waals surface area (Å²) in [6.07, 6.45) is 2.20. The number of imidazole rings is 1. The second-order valence-corrected chi connectivity index (χ2v) is 7.23. The topological polar surface area (TPSA) is 64.9 Å². The molecule has 148 valence electrons. The Bertz CT molecular complexity index is 1150. The summed E-state index contributed by atoms with van der Waals surface area (Å²) in [7, 11) is 1.64. The fourth-order valence-electron chi connectivity index (χ4n) is 3.09. The summed E-state index contributed by atoms with van der Waals surface area (Å²) in [4.78, 5) is 18.2. The van der Waals surface area contributed by atoms with Gasteiger partial charge in [0, 0.05) is 22.8 Å². The van der Waals surface area contributed by atoms with Crippen LogP contribution in [0.4, 0.5) is 5.69 Å². The lowest BCUT2D eigenvalue weighted by Crippen LogP contribution is -2.16. The molecule has 4 rings (SSSR count). The number of hydrogen-bond donors (Lipinski definition) is 1. The van der Waals surface area contributed by atoms with Crippen LogP contribution in [0.25, 0.3) is 16.2 Å². The predicted octanol–water partition coefficient (Wildman–Crippen LogP) is 4.65. The molecule has 0 fully saturated rings. The van der Waals surface area contributed by atoms with Crippen molar-refractivity contribution < 1.29 is 14.3 Å². The van der Waals surface area contributed by atoms with Crippen LogP contribution in [-0.4, -0.2) is 29.0 Å². The normalized spacial score (nSPS) is 10.8. The molecule has 0 atom stereocenters. The van der Waals surface area contributed by atoms with Gasteiger partial charge in [-0.3, -0.25) is 9.20 Å². The molecule has 1 N–H and O–H groups in total. The van der Waals surface area contributed by atoms with Gasteiger partial charge in [0.05, 0.1) is 31.5 Å². The number of ether oxygens (including phenoxy) is 2. The van der Waals surface area contributed by atoms with Crippen molar-refractivity contribution in [1.82, 2.24) is 9.38 Å². The Balaban J connectivity index is 1.54. The SMILES string of the molecule is CCOc1ccccc1NC(=O)Cc1csc2nc(-c3cccc(OC)c3)cn12. The highest BCUT2D eigenvalue weighted by atomic mass is 32.1. The number of thiazole rings is 1. The fourth-order valence-corrected chi connectivity index (χ4v) is 3.96. The molecule has 4 aromatic rings. The largest absolute Gasteiger partial charge is 0.497 e. The molecular formula is C22H21N3O3S. The van der Waals surface area contributed by atoms with Crippen molar-refractivity contribution in [3.8, 4) is 22.8 Å². The molecule has 0 radical (unpaired) electrons. The minimum atomic E-state index is -0.103. The quantitative estimate of drug-likeness (QED) is 0.484. The van der Waals surface area contributed by atoms with Crippen molar-refractivity contribution in [1.29, 1.82) is 0 Å². The Morgan fingerprint density at radius 3 is 2.90 bits per heavy atom. The van der Waals surface area contributed by atoms with E-state index < -0.39 is 0 Å². The third-order valence-corrected chi connectivity index (χ3v) is 5.34. The number of amides is 1. The summed E-state index contributed by atoms with van der Waals surface area (Å²) in [6.45, 7) is 2.46. The van der Waals surface area contributed by atoms with Gasteiger partial charge in [-0.1, -0.05) is 24.3 Å². The molecule has 6 nitrogen and oxygen atoms in total. The van der Waals surface area contributed by atoms with Crippen molar-refractivity contribution >= 4 is 27.9 Å². The number of anilines is 1. The van der Waals surface area contributed by atoms with Crippen LogP contribution in [0.2, 0.25) is 0 Å². The summed E-state index contributed by atoms with van der Waals surface area (Å²) in [6, 6.07) is 15.2. The summed E-state index contributed by atoms with van der Waals surface area (Å²) < 4.78 is 12.8. The lowest BCUT2D eigenvalue weighted by Gasteiger charge is -2.11. The molecule has 0 bridgehead atoms. The van der Waals surface area contributed by atoms with E-state index >= 15 is 0 Å². The second kappa shape index (κ2) is 8.36. The number of nitrogens with one attached hydrogen (secondary N) is 1. The minimum Gasteiger partial charge on any atom is -0.497 e. The van der Waals surface area contributed by atoms with Crippen LogP contribution in [0.3, 0.4) is 0 Å². The standard InChI is InChI=1S/C22H21N3O3S/c1-3-28-20-10-5-4-9-18(20)23-21(26)12-16-14-29-22-24-19(13-25(16)22)15-7-6-8-17(11-15)27-2/h4-11,13-14H,3,12H2,1-2H3,(H,23,26). The molecule has 0 aliphatic heterocycles. The molecule has 0 aliphatic carbocycles. The Labute approximate surface area is 172 Å². The number of aromatic nitrogens is 2. The van der Waals surface area contributed by atoms with E-state index in [-0.39, 0.29) is 12.3 Å². The van der Waals surface area contributed by atoms with Gasteiger partial charge in [-0.05, 0) is 31.2 Å². The lowest BCUT2D eigenvalue weighted by atomic mass is 10.1. The number of methoxy groups -OCH3 is 1. The Morgan fingerprint density at radius 1 is 1.21 bits per heavy atom. The highest BCUT2D eigenvalue weighted by molar-refractivity contribution is 7.15. The van der Waals surface area contributed by atoms with Crippen LogP contribution >= 0.6 is 11.3 Å². The highest BCUT2D eigenvalue weighted by Gasteiger charge is 2.14. The maximum atomic E-state index is 12.6. The smallest absolute Gasteiger partial charge is 0.230 e. The first kappa shape index (κ1) is 19.0. The van der Waals surface area contributed by atoms with Gasteiger partial charge in [0.15, 0.2) is 4.96 Å². The highest BCUT2D eigenvalue weighted by Crippen LogP contribution is 2.27. The van der Waals surface area contributed by atoms with Crippen LogP contribution in [-0.2, 0) is 11.2 Å². The van der Waals surface area contributed by atoms with Crippen LogP contribution in [0.1, 0.15) is 12.6 Å². The zero-order valence-electron chi connectivity index (χ0n) is 16.2. The van der Waals surface area contributed by atoms with E-state index in [9.17, 15) is 4.79 Å². The number of hydrogen-bond acceptors (Lipinski definition) is 5. The Hall–Kier alpha value is -3.32. The maximum absolute atomic E-state index is 12.6. The van der Waals surface area contributed by atoms with Crippen molar-refractivity contribution in [2.75, 3.05) is 19.0 Å². The summed E-state index contributed by atoms with van der Waals surface area (Å²) in [5, 5.41) is 4.91. The van der Waals surface area contributed by atoms with Crippen molar-refractivity contribution in [2.45, 2.75) is 13.3 Å². The average Bonchev–Trinajstić information content (AvgIpc) is 3.32. The van der Waals surface area contributed by atoms with Gasteiger partial charge >= 0.3 is 0 Å². The molecule has 2 heterocycles. The number of carbonyl (C=O) groups is 1. The summed E-state index contributed by atoms with van der Waals surface area (Å²) >= 11 is 1.51. The van der Waals surface area contributed by atoms with E-state index in [0.29, 0.717) is 18.0 Å². The molecule has 0 saturated heterocycles. The summed E-state index contributed by atoms with van der Waals surface area (Å²) in [5.74, 6) is 1.35. The molecular weight excluding hydrogens is 386 g/mol. The summed E-state index contributed by atoms with van der Waals surface area (Å²) in [5.41, 5.74) is 3.38. The molecule has 2 aromatic heterocycles. The molecule has 29 heavy (non-hydrogen) atoms. The van der Waals surface area contributed by atoms with Crippen molar-refractivity contribution in [2.24, 2.45) is 0 Å². The van der Waals surface area contributed by atoms with Crippen LogP contribution in [0, 0.1) is 0 Å². The molecule has 1 amide bonds. The van der Waals surface area contributed by atoms with E-state index in [1.807, 2.05) is 71.4 Å². The van der Waals surface area contributed by atoms with E-state index in [2.05, 4.69) is 10.3 Å². The Kier molecular flexibility index (Phi) is 5.48. The number of fused-ring (bicyclic) bond motifs is 1. The van der Waals surface area contributed by atoms with E-state index in [0.717, 1.165) is 27.7 Å². The minimum absolute atomic E-state index is 0.103. The van der Waals surface area contributed by atoms with Crippen LogP contribution in [0.5, 0.6) is 11.5 Å². The van der Waals surface area contributed by atoms with Crippen LogP contribution < -0.4 is 14.8 Å². The molecule has 0 saturated carbocycles. The molecule has 2 aromatic carbocycles. The monoisotopic (exact) mass is 407 g/mol. The first-order valence-electron chi connectivity index (χ1n) is 9.29. The first-order chi connectivity index (χ1) is 14.2. The molecule has 0 aliphatic rings. The average molecular weight is 407 g/mol. The van der Waals surface area contributed by atoms with Gasteiger partial charge in [0.25, 0.3) is 0 Å². The first-order valence-corrected chi connectivity index (χ1v) is 10.2. The van der Waals surface area contributed by atoms with Gasteiger partial charge in [0.1, 0.15) is 11.5 Å². The number of para-hydroxylation sites is 2. The van der Waals surface area contributed by atoms with Gasteiger partial charge in [-0.25, -0.2) is 4.98 Å². The number of rotatable bonds is 7. The second-order valence-electron chi connectivity index (χ2n) is 6.39. The molecule has 7 heteroatoms. The van der Waals surface area contributed by atoms with Crippen molar-refractivity contribution in [3.05, 3.63) is 65.8 Å². The third kappa shape index (κ3) is 4.09. The lowest BCUT2D eigenvalue weighted by molar-refractivity contribution is -0.115. The maximum Gasteiger partial charge on any atom is 0.230 e. The zero-order valence-corrected chi connectivity index (χ0v) is 17.0. The molecule has 0 unspecified atom stereocenters. The van der Waals surface area contributed by atoms with Gasteiger partial charge in [-0.15, -0.1) is 11.3 Å². The van der Waals surface area contributed by atoms with E-state index in [1.165, 1.54) is 11.3 Å². The predicted molar refractivity (Wildman–Crippen MR) is 115 cm³/mol. The van der Waals surface area contributed by atoms with Gasteiger partial charge < -0.3 is 14.8 Å². The fraction of sp³-hybridized carbons (Fsp3) is 0.182. The van der Waals surface area contributed by atoms with E-state index in [4.69, 9.17) is 9.47 Å².